The molecule has 0 aromatic carbocycles. The number of hydrogen-bond donors (Lipinski definition) is 3. The number of rotatable bonds is 4. The Hall–Kier alpha value is -3.87. The van der Waals surface area contributed by atoms with E-state index in [9.17, 15) is 29.0 Å². The Morgan fingerprint density at radius 1 is 1.07 bits per heavy atom. The van der Waals surface area contributed by atoms with Crippen molar-refractivity contribution in [3.05, 3.63) is 12.4 Å². The van der Waals surface area contributed by atoms with Crippen LogP contribution < -0.4 is 5.32 Å². The van der Waals surface area contributed by atoms with Gasteiger partial charge < -0.3 is 29.2 Å². The minimum absolute atomic E-state index is 0.0359. The largest absolute Gasteiger partial charge is 0.462 e. The second-order valence-corrected chi connectivity index (χ2v) is 10.9. The summed E-state index contributed by atoms with van der Waals surface area (Å²) in [5, 5.41) is 22.3. The number of carbonyl (C=O) groups is 3. The van der Waals surface area contributed by atoms with Gasteiger partial charge in [0.2, 0.25) is 0 Å². The Labute approximate surface area is 253 Å². The van der Waals surface area contributed by atoms with Gasteiger partial charge in [0.25, 0.3) is 0 Å². The standard InChI is InChI=1S/C29H38FN5O9/c1-2-29(17-36)20(37)14-21(44-29)35-18-31-24-25(32-27(30)34-26(24)35)33-28(40)43-19-15-41-22(38)12-10-8-6-4-3-5-7-9-11-13-23(39)42-16-19/h1,18-21,36-37H,3-17H2,(H,32,33,34,40)/t20-,21+,29+/m0/s1. The first-order chi connectivity index (χ1) is 21.2. The van der Waals surface area contributed by atoms with Gasteiger partial charge in [0.15, 0.2) is 28.7 Å². The lowest BCUT2D eigenvalue weighted by Crippen LogP contribution is -2.41. The number of carbonyl (C=O) groups excluding carboxylic acids is 3. The molecule has 14 nitrogen and oxygen atoms in total. The summed E-state index contributed by atoms with van der Waals surface area (Å²) in [4.78, 5) is 48.9. The van der Waals surface area contributed by atoms with Crippen molar-refractivity contribution in [2.75, 3.05) is 25.1 Å². The second kappa shape index (κ2) is 15.7. The molecule has 15 heteroatoms. The number of imidazole rings is 1. The minimum Gasteiger partial charge on any atom is -0.462 e. The van der Waals surface area contributed by atoms with Gasteiger partial charge in [-0.15, -0.1) is 6.42 Å². The van der Waals surface area contributed by atoms with Gasteiger partial charge in [-0.3, -0.25) is 19.5 Å². The summed E-state index contributed by atoms with van der Waals surface area (Å²) in [7, 11) is 0. The van der Waals surface area contributed by atoms with E-state index in [1.165, 1.54) is 10.9 Å². The molecular formula is C29H38FN5O9. The number of halogens is 1. The zero-order chi connectivity index (χ0) is 31.5. The Morgan fingerprint density at radius 3 is 2.20 bits per heavy atom. The highest BCUT2D eigenvalue weighted by Crippen LogP contribution is 2.38. The van der Waals surface area contributed by atoms with Crippen LogP contribution in [0.4, 0.5) is 15.0 Å². The molecule has 2 aromatic heterocycles. The lowest BCUT2D eigenvalue weighted by molar-refractivity contribution is -0.152. The highest BCUT2D eigenvalue weighted by atomic mass is 19.1. The van der Waals surface area contributed by atoms with Gasteiger partial charge >= 0.3 is 24.1 Å². The highest BCUT2D eigenvalue weighted by molar-refractivity contribution is 5.93. The molecule has 240 valence electrons. The third kappa shape index (κ3) is 8.61. The van der Waals surface area contributed by atoms with E-state index in [-0.39, 0.29) is 49.5 Å². The van der Waals surface area contributed by atoms with Crippen LogP contribution in [0.25, 0.3) is 11.2 Å². The Kier molecular flexibility index (Phi) is 11.8. The third-order valence-electron chi connectivity index (χ3n) is 7.61. The minimum atomic E-state index is -1.66. The lowest BCUT2D eigenvalue weighted by atomic mass is 9.99. The van der Waals surface area contributed by atoms with Crippen LogP contribution in [0.15, 0.2) is 6.33 Å². The van der Waals surface area contributed by atoms with Gasteiger partial charge in [0.1, 0.15) is 25.5 Å². The van der Waals surface area contributed by atoms with Crippen molar-refractivity contribution >= 4 is 35.0 Å². The number of nitrogens with zero attached hydrogens (tertiary/aromatic N) is 4. The monoisotopic (exact) mass is 619 g/mol. The molecule has 0 aliphatic carbocycles. The number of terminal acetylenes is 1. The maximum atomic E-state index is 14.5. The molecule has 2 aromatic rings. The number of esters is 2. The van der Waals surface area contributed by atoms with Crippen LogP contribution in [0, 0.1) is 18.4 Å². The molecule has 2 aliphatic heterocycles. The number of cyclic esters (lactones) is 2. The molecule has 1 amide bonds. The number of nitrogens with one attached hydrogen (secondary N) is 1. The number of amides is 1. The molecule has 2 fully saturated rings. The molecule has 0 saturated carbocycles. The van der Waals surface area contributed by atoms with E-state index < -0.39 is 54.8 Å². The fourth-order valence-electron chi connectivity index (χ4n) is 5.11. The maximum Gasteiger partial charge on any atom is 0.413 e. The van der Waals surface area contributed by atoms with Crippen LogP contribution in [-0.4, -0.2) is 85.4 Å². The Morgan fingerprint density at radius 2 is 1.66 bits per heavy atom. The molecule has 44 heavy (non-hydrogen) atoms. The van der Waals surface area contributed by atoms with Crippen molar-refractivity contribution in [1.29, 1.82) is 0 Å². The second-order valence-electron chi connectivity index (χ2n) is 10.9. The van der Waals surface area contributed by atoms with Crippen LogP contribution in [0.1, 0.15) is 83.3 Å². The molecule has 2 aliphatic rings. The Bertz CT molecular complexity index is 1320. The van der Waals surface area contributed by atoms with Crippen molar-refractivity contribution in [2.24, 2.45) is 0 Å². The lowest BCUT2D eigenvalue weighted by Gasteiger charge is -2.23. The van der Waals surface area contributed by atoms with Crippen LogP contribution in [0.2, 0.25) is 0 Å². The smallest absolute Gasteiger partial charge is 0.413 e. The molecule has 2 saturated heterocycles. The van der Waals surface area contributed by atoms with Gasteiger partial charge in [-0.2, -0.15) is 14.4 Å². The zero-order valence-electron chi connectivity index (χ0n) is 24.4. The molecule has 3 atom stereocenters. The Balaban J connectivity index is 1.43. The van der Waals surface area contributed by atoms with E-state index in [0.717, 1.165) is 44.9 Å². The van der Waals surface area contributed by atoms with E-state index in [1.54, 1.807) is 0 Å². The van der Waals surface area contributed by atoms with Crippen LogP contribution in [0.3, 0.4) is 0 Å². The van der Waals surface area contributed by atoms with Gasteiger partial charge in [0.05, 0.1) is 12.9 Å². The van der Waals surface area contributed by atoms with E-state index in [0.29, 0.717) is 12.8 Å². The summed E-state index contributed by atoms with van der Waals surface area (Å²) in [5.41, 5.74) is -1.78. The summed E-state index contributed by atoms with van der Waals surface area (Å²) < 4.78 is 37.4. The molecule has 0 unspecified atom stereocenters. The predicted molar refractivity (Wildman–Crippen MR) is 151 cm³/mol. The first kappa shape index (κ1) is 33.0. The van der Waals surface area contributed by atoms with E-state index in [1.807, 2.05) is 0 Å². The van der Waals surface area contributed by atoms with E-state index in [4.69, 9.17) is 25.4 Å². The number of ether oxygens (including phenoxy) is 4. The maximum absolute atomic E-state index is 14.5. The number of aliphatic hydroxyl groups excluding tert-OH is 2. The predicted octanol–water partition coefficient (Wildman–Crippen LogP) is 2.92. The number of hydrogen-bond acceptors (Lipinski definition) is 12. The van der Waals surface area contributed by atoms with Gasteiger partial charge in [-0.1, -0.05) is 50.9 Å². The van der Waals surface area contributed by atoms with E-state index >= 15 is 0 Å². The van der Waals surface area contributed by atoms with Crippen molar-refractivity contribution in [3.63, 3.8) is 0 Å². The first-order valence-corrected chi connectivity index (χ1v) is 14.9. The molecule has 0 bridgehead atoms. The zero-order valence-corrected chi connectivity index (χ0v) is 24.4. The number of aromatic nitrogens is 4. The van der Waals surface area contributed by atoms with Crippen LogP contribution >= 0.6 is 0 Å². The number of anilines is 1. The average molecular weight is 620 g/mol. The number of fused-ring (bicyclic) bond motifs is 1. The first-order valence-electron chi connectivity index (χ1n) is 14.9. The summed E-state index contributed by atoms with van der Waals surface area (Å²) in [6.07, 6.45) is 9.99. The average Bonchev–Trinajstić information content (AvgIpc) is 3.57. The fourth-order valence-corrected chi connectivity index (χ4v) is 5.11. The molecule has 0 radical (unpaired) electrons. The van der Waals surface area contributed by atoms with Crippen LogP contribution in [0.5, 0.6) is 0 Å². The molecule has 4 rings (SSSR count). The normalized spacial score (nSPS) is 25.3. The van der Waals surface area contributed by atoms with Gasteiger partial charge in [-0.05, 0) is 12.8 Å². The van der Waals surface area contributed by atoms with E-state index in [2.05, 4.69) is 26.2 Å². The summed E-state index contributed by atoms with van der Waals surface area (Å²) in [6, 6.07) is 0. The highest BCUT2D eigenvalue weighted by Gasteiger charge is 2.48. The van der Waals surface area contributed by atoms with Crippen LogP contribution in [-0.2, 0) is 28.5 Å². The van der Waals surface area contributed by atoms with Crippen molar-refractivity contribution in [2.45, 2.75) is 101 Å². The third-order valence-corrected chi connectivity index (χ3v) is 7.61. The molecular weight excluding hydrogens is 581 g/mol. The molecule has 3 N–H and O–H groups in total. The fraction of sp³-hybridized carbons (Fsp3) is 0.655. The number of aliphatic hydroxyl groups is 2. The molecule has 4 heterocycles. The summed E-state index contributed by atoms with van der Waals surface area (Å²) in [5.74, 6) is 0.977. The van der Waals surface area contributed by atoms with Gasteiger partial charge in [0, 0.05) is 19.3 Å². The quantitative estimate of drug-likeness (QED) is 0.197. The van der Waals surface area contributed by atoms with Crippen molar-refractivity contribution in [1.82, 2.24) is 19.5 Å². The topological polar surface area (TPSA) is 184 Å². The van der Waals surface area contributed by atoms with Crippen molar-refractivity contribution in [3.8, 4) is 12.3 Å². The molecule has 0 spiro atoms. The van der Waals surface area contributed by atoms with Crippen molar-refractivity contribution < 1.29 is 47.9 Å². The van der Waals surface area contributed by atoms with Gasteiger partial charge in [-0.25, -0.2) is 9.78 Å². The summed E-state index contributed by atoms with van der Waals surface area (Å²) in [6.45, 7) is -1.36. The summed E-state index contributed by atoms with van der Waals surface area (Å²) >= 11 is 0. The SMILES string of the molecule is C#C[C@]1(CO)O[C@@H](n2cnc3c(NC(=O)OC4COC(=O)CCCCCCCCCCCC(=O)OC4)nc(F)nc32)C[C@@H]1O.